The van der Waals surface area contributed by atoms with Gasteiger partial charge in [0.2, 0.25) is 0 Å². The first-order chi connectivity index (χ1) is 9.72. The second kappa shape index (κ2) is 14.0. The van der Waals surface area contributed by atoms with Crippen LogP contribution in [0.3, 0.4) is 0 Å². The molecule has 0 aliphatic carbocycles. The SMILES string of the molecule is CCCCNC.O=C(O)CCOC(=O)CNCP(=O)(O)O. The molecule has 0 aromatic rings. The maximum atomic E-state index is 10.8. The Morgan fingerprint density at radius 2 is 1.90 bits per heavy atom. The summed E-state index contributed by atoms with van der Waals surface area (Å²) in [5.41, 5.74) is 0. The highest BCUT2D eigenvalue weighted by atomic mass is 31.2. The summed E-state index contributed by atoms with van der Waals surface area (Å²) in [4.78, 5) is 37.6. The summed E-state index contributed by atoms with van der Waals surface area (Å²) in [5, 5.41) is 13.4. The molecule has 0 heterocycles. The van der Waals surface area contributed by atoms with E-state index in [-0.39, 0.29) is 19.6 Å². The van der Waals surface area contributed by atoms with Crippen LogP contribution in [0.4, 0.5) is 0 Å². The van der Waals surface area contributed by atoms with Crippen molar-refractivity contribution in [2.75, 3.05) is 33.0 Å². The Labute approximate surface area is 124 Å². The largest absolute Gasteiger partial charge is 0.481 e. The van der Waals surface area contributed by atoms with E-state index in [4.69, 9.17) is 14.9 Å². The first kappa shape index (κ1) is 22.3. The molecule has 0 aromatic carbocycles. The van der Waals surface area contributed by atoms with Gasteiger partial charge in [-0.3, -0.25) is 19.5 Å². The van der Waals surface area contributed by atoms with Gasteiger partial charge >= 0.3 is 19.5 Å². The Morgan fingerprint density at radius 3 is 2.29 bits per heavy atom. The Kier molecular flexibility index (Phi) is 14.8. The molecule has 9 nitrogen and oxygen atoms in total. The molecule has 0 aliphatic heterocycles. The van der Waals surface area contributed by atoms with Crippen LogP contribution in [-0.2, 0) is 18.9 Å². The van der Waals surface area contributed by atoms with Crippen molar-refractivity contribution in [3.8, 4) is 0 Å². The average Bonchev–Trinajstić information content (AvgIpc) is 2.35. The highest BCUT2D eigenvalue weighted by molar-refractivity contribution is 7.51. The highest BCUT2D eigenvalue weighted by Gasteiger charge is 2.13. The van der Waals surface area contributed by atoms with E-state index in [0.717, 1.165) is 6.54 Å². The predicted octanol–water partition coefficient (Wildman–Crippen LogP) is -0.265. The number of hydrogen-bond acceptors (Lipinski definition) is 6. The number of carbonyl (C=O) groups excluding carboxylic acids is 1. The lowest BCUT2D eigenvalue weighted by Crippen LogP contribution is -2.26. The van der Waals surface area contributed by atoms with E-state index >= 15 is 0 Å². The van der Waals surface area contributed by atoms with Gasteiger partial charge in [0.25, 0.3) is 0 Å². The quantitative estimate of drug-likeness (QED) is 0.208. The van der Waals surface area contributed by atoms with E-state index in [9.17, 15) is 14.2 Å². The number of hydrogen-bond donors (Lipinski definition) is 5. The van der Waals surface area contributed by atoms with Crippen molar-refractivity contribution in [1.29, 1.82) is 0 Å². The standard InChI is InChI=1S/C6H12NO7P.C5H13N/c8-5(9)1-2-14-6(10)3-7-4-15(11,12)13;1-3-4-5-6-2/h7H,1-4H2,(H,8,9)(H2,11,12,13);6H,3-5H2,1-2H3. The van der Waals surface area contributed by atoms with Crippen LogP contribution in [0.15, 0.2) is 0 Å². The summed E-state index contributed by atoms with van der Waals surface area (Å²) in [6, 6.07) is 0. The van der Waals surface area contributed by atoms with Gasteiger partial charge in [-0.15, -0.1) is 0 Å². The fraction of sp³-hybridized carbons (Fsp3) is 0.818. The lowest BCUT2D eigenvalue weighted by molar-refractivity contribution is -0.145. The van der Waals surface area contributed by atoms with Gasteiger partial charge in [0.15, 0.2) is 0 Å². The van der Waals surface area contributed by atoms with E-state index in [2.05, 4.69) is 22.3 Å². The molecule has 0 aliphatic rings. The third kappa shape index (κ3) is 24.4. The van der Waals surface area contributed by atoms with Crippen LogP contribution in [0, 0.1) is 0 Å². The summed E-state index contributed by atoms with van der Waals surface area (Å²) < 4.78 is 14.8. The maximum absolute atomic E-state index is 10.8. The third-order valence-electron chi connectivity index (χ3n) is 1.95. The maximum Gasteiger partial charge on any atom is 0.339 e. The fourth-order valence-corrected chi connectivity index (χ4v) is 1.36. The van der Waals surface area contributed by atoms with E-state index < -0.39 is 25.8 Å². The molecule has 0 spiro atoms. The van der Waals surface area contributed by atoms with Gasteiger partial charge in [-0.1, -0.05) is 13.3 Å². The van der Waals surface area contributed by atoms with Crippen LogP contribution in [-0.4, -0.2) is 59.9 Å². The van der Waals surface area contributed by atoms with Gasteiger partial charge in [0, 0.05) is 0 Å². The summed E-state index contributed by atoms with van der Waals surface area (Å²) in [6.45, 7) is 2.73. The summed E-state index contributed by atoms with van der Waals surface area (Å²) in [6.07, 6.45) is 1.67. The Morgan fingerprint density at radius 1 is 1.29 bits per heavy atom. The zero-order chi connectivity index (χ0) is 16.7. The van der Waals surface area contributed by atoms with Crippen molar-refractivity contribution in [3.63, 3.8) is 0 Å². The van der Waals surface area contributed by atoms with Crippen molar-refractivity contribution in [3.05, 3.63) is 0 Å². The number of unbranched alkanes of at least 4 members (excludes halogenated alkanes) is 1. The Hall–Kier alpha value is -0.990. The molecule has 0 saturated heterocycles. The minimum absolute atomic E-state index is 0.258. The number of aliphatic carboxylic acids is 1. The zero-order valence-corrected chi connectivity index (χ0v) is 13.3. The lowest BCUT2D eigenvalue weighted by Gasteiger charge is -2.06. The molecule has 0 atom stereocenters. The van der Waals surface area contributed by atoms with Crippen LogP contribution >= 0.6 is 7.60 Å². The number of carbonyl (C=O) groups is 2. The Bertz CT molecular complexity index is 329. The average molecular weight is 328 g/mol. The molecule has 0 bridgehead atoms. The molecule has 5 N–H and O–H groups in total. The molecule has 0 radical (unpaired) electrons. The van der Waals surface area contributed by atoms with Crippen molar-refractivity contribution >= 4 is 19.5 Å². The molecule has 0 aromatic heterocycles. The second-order valence-corrected chi connectivity index (χ2v) is 5.72. The van der Waals surface area contributed by atoms with Gasteiger partial charge in [-0.2, -0.15) is 0 Å². The number of rotatable bonds is 10. The van der Waals surface area contributed by atoms with Crippen LogP contribution in [0.1, 0.15) is 26.2 Å². The van der Waals surface area contributed by atoms with Crippen LogP contribution in [0.5, 0.6) is 0 Å². The number of esters is 1. The molecule has 10 heteroatoms. The number of carboxylic acids is 1. The zero-order valence-electron chi connectivity index (χ0n) is 12.4. The number of carboxylic acid groups (broad SMARTS) is 1. The minimum atomic E-state index is -4.18. The molecule has 0 saturated carbocycles. The van der Waals surface area contributed by atoms with E-state index in [1.165, 1.54) is 12.8 Å². The monoisotopic (exact) mass is 328 g/mol. The van der Waals surface area contributed by atoms with Crippen LogP contribution < -0.4 is 10.6 Å². The molecular formula is C11H25N2O7P. The fourth-order valence-electron chi connectivity index (χ4n) is 0.960. The molecule has 0 rings (SSSR count). The molecular weight excluding hydrogens is 303 g/mol. The summed E-state index contributed by atoms with van der Waals surface area (Å²) in [5.74, 6) is -1.85. The van der Waals surface area contributed by atoms with E-state index in [0.29, 0.717) is 0 Å². The molecule has 0 amide bonds. The molecule has 0 fully saturated rings. The highest BCUT2D eigenvalue weighted by Crippen LogP contribution is 2.31. The minimum Gasteiger partial charge on any atom is -0.481 e. The number of nitrogens with one attached hydrogen (secondary N) is 2. The molecule has 21 heavy (non-hydrogen) atoms. The van der Waals surface area contributed by atoms with Crippen molar-refractivity contribution in [2.45, 2.75) is 26.2 Å². The predicted molar refractivity (Wildman–Crippen MR) is 77.0 cm³/mol. The van der Waals surface area contributed by atoms with E-state index in [1.807, 2.05) is 7.05 Å². The normalized spacial score (nSPS) is 10.5. The lowest BCUT2D eigenvalue weighted by atomic mass is 10.3. The van der Waals surface area contributed by atoms with Gasteiger partial charge in [-0.25, -0.2) is 0 Å². The topological polar surface area (TPSA) is 145 Å². The summed E-state index contributed by atoms with van der Waals surface area (Å²) >= 11 is 0. The van der Waals surface area contributed by atoms with Gasteiger partial charge < -0.3 is 24.9 Å². The van der Waals surface area contributed by atoms with E-state index in [1.54, 1.807) is 0 Å². The first-order valence-electron chi connectivity index (χ1n) is 6.50. The Balaban J connectivity index is 0. The van der Waals surface area contributed by atoms with Crippen molar-refractivity contribution < 1.29 is 33.8 Å². The van der Waals surface area contributed by atoms with Gasteiger partial charge in [0.1, 0.15) is 6.61 Å². The second-order valence-electron chi connectivity index (χ2n) is 4.07. The van der Waals surface area contributed by atoms with Crippen LogP contribution in [0.25, 0.3) is 0 Å². The molecule has 0 unspecified atom stereocenters. The third-order valence-corrected chi connectivity index (χ3v) is 2.58. The first-order valence-corrected chi connectivity index (χ1v) is 8.30. The van der Waals surface area contributed by atoms with Crippen LogP contribution in [0.2, 0.25) is 0 Å². The smallest absolute Gasteiger partial charge is 0.339 e. The molecule has 126 valence electrons. The van der Waals surface area contributed by atoms with Gasteiger partial charge in [-0.05, 0) is 20.0 Å². The summed E-state index contributed by atoms with van der Waals surface area (Å²) in [7, 11) is -2.19. The number of ether oxygens (including phenoxy) is 1. The van der Waals surface area contributed by atoms with Crippen molar-refractivity contribution in [2.24, 2.45) is 0 Å². The van der Waals surface area contributed by atoms with Crippen molar-refractivity contribution in [1.82, 2.24) is 10.6 Å². The van der Waals surface area contributed by atoms with Gasteiger partial charge in [0.05, 0.1) is 19.3 Å².